The van der Waals surface area contributed by atoms with Crippen LogP contribution in [0.5, 0.6) is 0 Å². The largest absolute Gasteiger partial charge is 0.298 e. The summed E-state index contributed by atoms with van der Waals surface area (Å²) >= 11 is 5.22. The van der Waals surface area contributed by atoms with Gasteiger partial charge in [-0.15, -0.1) is 34.9 Å². The van der Waals surface area contributed by atoms with E-state index >= 15 is 0 Å². The zero-order valence-electron chi connectivity index (χ0n) is 16.0. The van der Waals surface area contributed by atoms with Gasteiger partial charge in [0, 0.05) is 33.7 Å². The molecule has 1 aliphatic heterocycles. The summed E-state index contributed by atoms with van der Waals surface area (Å²) in [5.41, 5.74) is 3.88. The minimum Gasteiger partial charge on any atom is -0.298 e. The predicted octanol–water partition coefficient (Wildman–Crippen LogP) is 4.91. The first-order chi connectivity index (χ1) is 14.4. The first-order valence-corrected chi connectivity index (χ1v) is 13.9. The maximum Gasteiger partial charge on any atom is 0.257 e. The third kappa shape index (κ3) is 5.37. The monoisotopic (exact) mass is 477 g/mol. The lowest BCUT2D eigenvalue weighted by atomic mass is 10.1. The Kier molecular flexibility index (Phi) is 6.37. The number of nitrogens with zero attached hydrogens (tertiary/aromatic N) is 1. The van der Waals surface area contributed by atoms with E-state index < -0.39 is 10.0 Å². The van der Waals surface area contributed by atoms with Crippen molar-refractivity contribution in [1.29, 1.82) is 0 Å². The van der Waals surface area contributed by atoms with Crippen LogP contribution in [0.4, 0.5) is 10.8 Å². The second-order valence-electron chi connectivity index (χ2n) is 6.64. The molecule has 6 nitrogen and oxygen atoms in total. The van der Waals surface area contributed by atoms with E-state index in [1.807, 2.05) is 53.2 Å². The Balaban J connectivity index is 1.41. The van der Waals surface area contributed by atoms with Gasteiger partial charge in [0.05, 0.1) is 16.5 Å². The van der Waals surface area contributed by atoms with Crippen LogP contribution in [0, 0.1) is 0 Å². The molecule has 0 saturated carbocycles. The first kappa shape index (κ1) is 21.2. The molecular weight excluding hydrogens is 459 g/mol. The summed E-state index contributed by atoms with van der Waals surface area (Å²) in [5, 5.41) is 5.21. The van der Waals surface area contributed by atoms with Crippen LogP contribution in [-0.2, 0) is 10.0 Å². The van der Waals surface area contributed by atoms with Gasteiger partial charge >= 0.3 is 0 Å². The number of nitrogens with one attached hydrogen (secondary N) is 2. The molecule has 2 N–H and O–H groups in total. The summed E-state index contributed by atoms with van der Waals surface area (Å²) in [7, 11) is -3.31. The summed E-state index contributed by atoms with van der Waals surface area (Å²) in [6.45, 7) is 0. The highest BCUT2D eigenvalue weighted by Gasteiger charge is 2.18. The van der Waals surface area contributed by atoms with Gasteiger partial charge in [-0.25, -0.2) is 13.4 Å². The van der Waals surface area contributed by atoms with Gasteiger partial charge in [0.15, 0.2) is 5.13 Å². The van der Waals surface area contributed by atoms with Gasteiger partial charge in [-0.2, -0.15) is 0 Å². The Bertz CT molecular complexity index is 1140. The lowest BCUT2D eigenvalue weighted by molar-refractivity contribution is 0.102. The molecule has 0 unspecified atom stereocenters. The SMILES string of the molecule is CS(=O)(=O)Nc1ccc(-c2csc(NC(=O)c3ccc(C4SCCS4)cc3)n2)cc1. The van der Waals surface area contributed by atoms with E-state index in [1.165, 1.54) is 28.4 Å². The molecule has 2 aromatic carbocycles. The zero-order chi connectivity index (χ0) is 21.1. The molecule has 1 aliphatic rings. The second kappa shape index (κ2) is 9.01. The van der Waals surface area contributed by atoms with E-state index in [2.05, 4.69) is 15.0 Å². The molecule has 3 aromatic rings. The van der Waals surface area contributed by atoms with Gasteiger partial charge in [0.2, 0.25) is 10.0 Å². The number of thioether (sulfide) groups is 2. The van der Waals surface area contributed by atoms with Gasteiger partial charge in [0.1, 0.15) is 0 Å². The van der Waals surface area contributed by atoms with Gasteiger partial charge < -0.3 is 0 Å². The Morgan fingerprint density at radius 1 is 1.03 bits per heavy atom. The number of amides is 1. The van der Waals surface area contributed by atoms with Gasteiger partial charge in [-0.3, -0.25) is 14.8 Å². The van der Waals surface area contributed by atoms with E-state index in [0.29, 0.717) is 26.7 Å². The van der Waals surface area contributed by atoms with Crippen LogP contribution in [-0.4, -0.2) is 37.1 Å². The van der Waals surface area contributed by atoms with Crippen LogP contribution >= 0.6 is 34.9 Å². The maximum absolute atomic E-state index is 12.5. The molecule has 1 fully saturated rings. The minimum absolute atomic E-state index is 0.193. The molecule has 156 valence electrons. The van der Waals surface area contributed by atoms with Crippen molar-refractivity contribution >= 4 is 61.6 Å². The average Bonchev–Trinajstić information content (AvgIpc) is 3.40. The molecule has 1 saturated heterocycles. The number of anilines is 2. The van der Waals surface area contributed by atoms with Gasteiger partial charge in [-0.05, 0) is 29.8 Å². The van der Waals surface area contributed by atoms with Crippen LogP contribution in [0.2, 0.25) is 0 Å². The van der Waals surface area contributed by atoms with Gasteiger partial charge in [0.25, 0.3) is 5.91 Å². The number of rotatable bonds is 6. The molecule has 0 aliphatic carbocycles. The minimum atomic E-state index is -3.31. The summed E-state index contributed by atoms with van der Waals surface area (Å²) < 4.78 is 25.5. The number of benzene rings is 2. The standard InChI is InChI=1S/C20H19N3O3S4/c1-30(25,26)23-16-8-6-13(7-9-16)17-12-29-20(21-17)22-18(24)14-2-4-15(5-3-14)19-27-10-11-28-19/h2-9,12,19,23H,10-11H2,1H3,(H,21,22,24). The van der Waals surface area contributed by atoms with E-state index in [-0.39, 0.29) is 5.91 Å². The smallest absolute Gasteiger partial charge is 0.257 e. The van der Waals surface area contributed by atoms with E-state index in [9.17, 15) is 13.2 Å². The van der Waals surface area contributed by atoms with Crippen molar-refractivity contribution in [3.63, 3.8) is 0 Å². The number of aromatic nitrogens is 1. The van der Waals surface area contributed by atoms with E-state index in [4.69, 9.17) is 0 Å². The Morgan fingerprint density at radius 3 is 2.33 bits per heavy atom. The molecule has 30 heavy (non-hydrogen) atoms. The van der Waals surface area contributed by atoms with Crippen molar-refractivity contribution in [3.8, 4) is 11.3 Å². The molecule has 0 atom stereocenters. The van der Waals surface area contributed by atoms with E-state index in [1.54, 1.807) is 24.3 Å². The van der Waals surface area contributed by atoms with Crippen LogP contribution in [0.15, 0.2) is 53.9 Å². The Morgan fingerprint density at radius 2 is 1.70 bits per heavy atom. The quantitative estimate of drug-likeness (QED) is 0.524. The van der Waals surface area contributed by atoms with Crippen molar-refractivity contribution in [2.75, 3.05) is 27.8 Å². The number of hydrogen-bond acceptors (Lipinski definition) is 7. The van der Waals surface area contributed by atoms with Crippen LogP contribution in [0.3, 0.4) is 0 Å². The van der Waals surface area contributed by atoms with Crippen LogP contribution < -0.4 is 10.0 Å². The molecule has 0 radical (unpaired) electrons. The van der Waals surface area contributed by atoms with Crippen molar-refractivity contribution in [1.82, 2.24) is 4.98 Å². The molecule has 0 bridgehead atoms. The fraction of sp³-hybridized carbons (Fsp3) is 0.200. The van der Waals surface area contributed by atoms with Gasteiger partial charge in [-0.1, -0.05) is 24.3 Å². The normalized spacial score (nSPS) is 14.6. The third-order valence-corrected chi connectivity index (χ3v) is 8.74. The zero-order valence-corrected chi connectivity index (χ0v) is 19.3. The third-order valence-electron chi connectivity index (χ3n) is 4.28. The van der Waals surface area contributed by atoms with Crippen molar-refractivity contribution < 1.29 is 13.2 Å². The van der Waals surface area contributed by atoms with E-state index in [0.717, 1.165) is 11.8 Å². The Labute approximate surface area is 187 Å². The highest BCUT2D eigenvalue weighted by atomic mass is 32.2. The molecule has 0 spiro atoms. The lowest BCUT2D eigenvalue weighted by Gasteiger charge is -2.09. The average molecular weight is 478 g/mol. The summed E-state index contributed by atoms with van der Waals surface area (Å²) in [6, 6.07) is 14.7. The van der Waals surface area contributed by atoms with Crippen molar-refractivity contribution in [3.05, 3.63) is 65.0 Å². The topological polar surface area (TPSA) is 88.2 Å². The molecular formula is C20H19N3O3S4. The van der Waals surface area contributed by atoms with Crippen LogP contribution in [0.25, 0.3) is 11.3 Å². The Hall–Kier alpha value is -2.01. The number of sulfonamides is 1. The number of hydrogen-bond donors (Lipinski definition) is 2. The fourth-order valence-electron chi connectivity index (χ4n) is 2.90. The summed E-state index contributed by atoms with van der Waals surface area (Å²) in [6.07, 6.45) is 1.11. The highest BCUT2D eigenvalue weighted by Crippen LogP contribution is 2.45. The van der Waals surface area contributed by atoms with Crippen LogP contribution in [0.1, 0.15) is 20.5 Å². The molecule has 1 amide bonds. The fourth-order valence-corrected chi connectivity index (χ4v) is 7.04. The highest BCUT2D eigenvalue weighted by molar-refractivity contribution is 8.19. The summed E-state index contributed by atoms with van der Waals surface area (Å²) in [4.78, 5) is 17.0. The first-order valence-electron chi connectivity index (χ1n) is 9.06. The molecule has 1 aromatic heterocycles. The molecule has 2 heterocycles. The molecule has 4 rings (SSSR count). The van der Waals surface area contributed by atoms with Crippen molar-refractivity contribution in [2.24, 2.45) is 0 Å². The second-order valence-corrected chi connectivity index (χ2v) is 12.0. The number of thiazole rings is 1. The molecule has 10 heteroatoms. The number of carbonyl (C=O) groups excluding carboxylic acids is 1. The van der Waals surface area contributed by atoms with Crippen molar-refractivity contribution in [2.45, 2.75) is 4.58 Å². The summed E-state index contributed by atoms with van der Waals surface area (Å²) in [5.74, 6) is 2.14. The number of carbonyl (C=O) groups is 1. The predicted molar refractivity (Wildman–Crippen MR) is 128 cm³/mol. The lowest BCUT2D eigenvalue weighted by Crippen LogP contribution is -2.11. The maximum atomic E-state index is 12.5.